The number of alkyl halides is 4. The number of benzene rings is 1. The van der Waals surface area contributed by atoms with Crippen LogP contribution in [0.25, 0.3) is 0 Å². The maximum absolute atomic E-state index is 13.8. The van der Waals surface area contributed by atoms with Gasteiger partial charge in [0.15, 0.2) is 0 Å². The predicted octanol–water partition coefficient (Wildman–Crippen LogP) is 2.90. The quantitative estimate of drug-likeness (QED) is 0.806. The van der Waals surface area contributed by atoms with Crippen molar-refractivity contribution in [1.29, 1.82) is 0 Å². The average molecular weight is 239 g/mol. The first-order valence-electron chi connectivity index (χ1n) is 4.53. The van der Waals surface area contributed by atoms with Gasteiger partial charge in [0.1, 0.15) is 5.82 Å². The van der Waals surface area contributed by atoms with Crippen molar-refractivity contribution in [3.05, 3.63) is 35.6 Å². The van der Waals surface area contributed by atoms with Gasteiger partial charge in [-0.1, -0.05) is 12.1 Å². The van der Waals surface area contributed by atoms with Crippen molar-refractivity contribution in [2.45, 2.75) is 18.3 Å². The van der Waals surface area contributed by atoms with Crippen LogP contribution in [0.5, 0.6) is 0 Å². The molecule has 0 aliphatic carbocycles. The molecule has 90 valence electrons. The van der Waals surface area contributed by atoms with Crippen LogP contribution in [0.3, 0.4) is 0 Å². The van der Waals surface area contributed by atoms with Crippen LogP contribution in [0.2, 0.25) is 0 Å². The van der Waals surface area contributed by atoms with Crippen LogP contribution < -0.4 is 5.73 Å². The number of halogens is 5. The Morgan fingerprint density at radius 2 is 1.50 bits per heavy atom. The zero-order valence-electron chi connectivity index (χ0n) is 8.19. The van der Waals surface area contributed by atoms with Gasteiger partial charge in [0.25, 0.3) is 0 Å². The van der Waals surface area contributed by atoms with Crippen molar-refractivity contribution < 1.29 is 22.0 Å². The molecule has 0 heterocycles. The van der Waals surface area contributed by atoms with Gasteiger partial charge in [0.2, 0.25) is 5.67 Å². The van der Waals surface area contributed by atoms with Crippen LogP contribution in [-0.2, 0) is 5.67 Å². The van der Waals surface area contributed by atoms with E-state index < -0.39 is 36.2 Å². The van der Waals surface area contributed by atoms with Gasteiger partial charge in [0.05, 0.1) is 0 Å². The molecule has 0 aliphatic heterocycles. The Bertz CT molecular complexity index is 345. The molecule has 1 unspecified atom stereocenters. The van der Waals surface area contributed by atoms with E-state index >= 15 is 0 Å². The third-order valence-corrected chi connectivity index (χ3v) is 2.24. The lowest BCUT2D eigenvalue weighted by Gasteiger charge is -2.27. The molecule has 0 radical (unpaired) electrons. The first-order valence-corrected chi connectivity index (χ1v) is 4.53. The lowest BCUT2D eigenvalue weighted by atomic mass is 9.91. The van der Waals surface area contributed by atoms with Crippen molar-refractivity contribution >= 4 is 0 Å². The Labute approximate surface area is 89.1 Å². The van der Waals surface area contributed by atoms with E-state index in [4.69, 9.17) is 5.73 Å². The average Bonchev–Trinajstić information content (AvgIpc) is 2.17. The summed E-state index contributed by atoms with van der Waals surface area (Å²) in [6.45, 7) is -0.451. The fourth-order valence-corrected chi connectivity index (χ4v) is 1.36. The number of nitrogens with two attached hydrogens (primary N) is 1. The van der Waals surface area contributed by atoms with Crippen molar-refractivity contribution in [2.24, 2.45) is 5.73 Å². The number of hydrogen-bond acceptors (Lipinski definition) is 1. The van der Waals surface area contributed by atoms with Crippen LogP contribution in [-0.4, -0.2) is 12.7 Å². The molecule has 1 rings (SSSR count). The highest BCUT2D eigenvalue weighted by molar-refractivity contribution is 5.25. The third kappa shape index (κ3) is 2.32. The summed E-state index contributed by atoms with van der Waals surface area (Å²) in [5.41, 5.74) is 0.814. The molecule has 0 amide bonds. The van der Waals surface area contributed by atoms with Gasteiger partial charge in [-0.25, -0.2) is 8.78 Å². The molecule has 0 aromatic heterocycles. The van der Waals surface area contributed by atoms with E-state index in [1.807, 2.05) is 0 Å². The second-order valence-electron chi connectivity index (χ2n) is 3.34. The van der Waals surface area contributed by atoms with E-state index in [1.54, 1.807) is 0 Å². The normalized spacial score (nSPS) is 15.9. The maximum Gasteiger partial charge on any atom is 0.426 e. The summed E-state index contributed by atoms with van der Waals surface area (Å²) in [6.07, 6.45) is -5.95. The van der Waals surface area contributed by atoms with Crippen LogP contribution in [0.1, 0.15) is 12.0 Å². The molecule has 0 bridgehead atoms. The number of rotatable bonds is 3. The highest BCUT2D eigenvalue weighted by atomic mass is 19.4. The predicted molar refractivity (Wildman–Crippen MR) is 48.9 cm³/mol. The molecule has 16 heavy (non-hydrogen) atoms. The van der Waals surface area contributed by atoms with E-state index in [9.17, 15) is 22.0 Å². The minimum Gasteiger partial charge on any atom is -0.330 e. The Kier molecular flexibility index (Phi) is 3.52. The van der Waals surface area contributed by atoms with Gasteiger partial charge >= 0.3 is 6.18 Å². The monoisotopic (exact) mass is 239 g/mol. The Morgan fingerprint density at radius 1 is 1.00 bits per heavy atom. The Balaban J connectivity index is 3.16. The highest BCUT2D eigenvalue weighted by Crippen LogP contribution is 2.44. The first-order chi connectivity index (χ1) is 7.31. The lowest BCUT2D eigenvalue weighted by Crippen LogP contribution is -2.40. The van der Waals surface area contributed by atoms with E-state index in [0.717, 1.165) is 24.3 Å². The van der Waals surface area contributed by atoms with E-state index in [1.165, 1.54) is 0 Å². The molecule has 1 aromatic carbocycles. The van der Waals surface area contributed by atoms with Crippen LogP contribution in [0, 0.1) is 5.82 Å². The molecule has 0 aliphatic rings. The molecule has 6 heteroatoms. The molecular weight excluding hydrogens is 229 g/mol. The largest absolute Gasteiger partial charge is 0.426 e. The van der Waals surface area contributed by atoms with E-state index in [0.29, 0.717) is 0 Å². The van der Waals surface area contributed by atoms with Gasteiger partial charge in [0, 0.05) is 6.42 Å². The Hall–Kier alpha value is -1.17. The fraction of sp³-hybridized carbons (Fsp3) is 0.400. The minimum absolute atomic E-state index is 0.451. The molecule has 0 saturated carbocycles. The minimum atomic E-state index is -5.07. The molecule has 0 saturated heterocycles. The topological polar surface area (TPSA) is 26.0 Å². The van der Waals surface area contributed by atoms with Gasteiger partial charge in [-0.2, -0.15) is 13.2 Å². The summed E-state index contributed by atoms with van der Waals surface area (Å²) in [5.74, 6) is -0.721. The lowest BCUT2D eigenvalue weighted by molar-refractivity contribution is -0.237. The second kappa shape index (κ2) is 4.37. The van der Waals surface area contributed by atoms with Crippen LogP contribution in [0.4, 0.5) is 22.0 Å². The molecular formula is C10H10F5N. The summed E-state index contributed by atoms with van der Waals surface area (Å²) >= 11 is 0. The van der Waals surface area contributed by atoms with Gasteiger partial charge < -0.3 is 5.73 Å². The van der Waals surface area contributed by atoms with Crippen molar-refractivity contribution in [3.8, 4) is 0 Å². The van der Waals surface area contributed by atoms with Crippen molar-refractivity contribution in [3.63, 3.8) is 0 Å². The summed E-state index contributed by atoms with van der Waals surface area (Å²) < 4.78 is 64.0. The second-order valence-corrected chi connectivity index (χ2v) is 3.34. The number of hydrogen-bond donors (Lipinski definition) is 1. The molecule has 1 nitrogen and oxygen atoms in total. The standard InChI is InChI=1S/C10H10F5N/c11-8-3-1-7(2-4-8)9(12,5-6-16)10(13,14)15/h1-4H,5-6,16H2. The van der Waals surface area contributed by atoms with Gasteiger partial charge in [-0.05, 0) is 24.2 Å². The molecule has 1 atom stereocenters. The maximum atomic E-state index is 13.8. The molecule has 0 fully saturated rings. The first kappa shape index (κ1) is 12.9. The highest BCUT2D eigenvalue weighted by Gasteiger charge is 2.56. The third-order valence-electron chi connectivity index (χ3n) is 2.24. The molecule has 2 N–H and O–H groups in total. The van der Waals surface area contributed by atoms with Crippen LogP contribution >= 0.6 is 0 Å². The summed E-state index contributed by atoms with van der Waals surface area (Å²) in [6, 6.07) is 3.12. The fourth-order valence-electron chi connectivity index (χ4n) is 1.36. The molecule has 0 spiro atoms. The summed E-state index contributed by atoms with van der Waals surface area (Å²) in [5, 5.41) is 0. The smallest absolute Gasteiger partial charge is 0.330 e. The zero-order valence-corrected chi connectivity index (χ0v) is 8.19. The van der Waals surface area contributed by atoms with Crippen molar-refractivity contribution in [2.75, 3.05) is 6.54 Å². The summed E-state index contributed by atoms with van der Waals surface area (Å²) in [4.78, 5) is 0. The molecule has 1 aromatic rings. The zero-order chi connectivity index (χ0) is 12.4. The summed E-state index contributed by atoms with van der Waals surface area (Å²) in [7, 11) is 0. The van der Waals surface area contributed by atoms with Crippen molar-refractivity contribution in [1.82, 2.24) is 0 Å². The van der Waals surface area contributed by atoms with E-state index in [-0.39, 0.29) is 0 Å². The van der Waals surface area contributed by atoms with Gasteiger partial charge in [-0.3, -0.25) is 0 Å². The van der Waals surface area contributed by atoms with Crippen LogP contribution in [0.15, 0.2) is 24.3 Å². The SMILES string of the molecule is NCCC(F)(c1ccc(F)cc1)C(F)(F)F. The van der Waals surface area contributed by atoms with E-state index in [2.05, 4.69) is 0 Å². The Morgan fingerprint density at radius 3 is 1.88 bits per heavy atom. The van der Waals surface area contributed by atoms with Gasteiger partial charge in [-0.15, -0.1) is 0 Å².